The van der Waals surface area contributed by atoms with Crippen LogP contribution in [0.15, 0.2) is 21.1 Å². The van der Waals surface area contributed by atoms with Gasteiger partial charge < -0.3 is 8.94 Å². The van der Waals surface area contributed by atoms with Crippen LogP contribution < -0.4 is 0 Å². The van der Waals surface area contributed by atoms with Crippen molar-refractivity contribution in [3.05, 3.63) is 35.4 Å². The molecule has 5 nitrogen and oxygen atoms in total. The lowest BCUT2D eigenvalue weighted by molar-refractivity contribution is 0.269. The molecule has 0 saturated heterocycles. The molecule has 0 spiro atoms. The standard InChI is InChI=1S/C17H25N3O2/c1-11-8-13(11)14-7-6-12(21-14)9-20(5)10-15-18-16(22-19-15)17(2,3)4/h6-7,11,13H,8-10H2,1-5H3/t11-,13-/m1/s1. The van der Waals surface area contributed by atoms with Crippen LogP contribution >= 0.6 is 0 Å². The molecule has 2 heterocycles. The molecule has 2 atom stereocenters. The molecule has 3 rings (SSSR count). The largest absolute Gasteiger partial charge is 0.464 e. The molecule has 2 aromatic rings. The van der Waals surface area contributed by atoms with Gasteiger partial charge in [-0.25, -0.2) is 0 Å². The van der Waals surface area contributed by atoms with E-state index in [1.807, 2.05) is 7.05 Å². The Hall–Kier alpha value is -1.62. The first-order chi connectivity index (χ1) is 10.3. The van der Waals surface area contributed by atoms with E-state index < -0.39 is 0 Å². The van der Waals surface area contributed by atoms with Gasteiger partial charge in [0.15, 0.2) is 5.82 Å². The number of nitrogens with zero attached hydrogens (tertiary/aromatic N) is 3. The summed E-state index contributed by atoms with van der Waals surface area (Å²) < 4.78 is 11.3. The Morgan fingerprint density at radius 3 is 2.59 bits per heavy atom. The van der Waals surface area contributed by atoms with Crippen LogP contribution in [-0.4, -0.2) is 22.1 Å². The maximum atomic E-state index is 5.94. The summed E-state index contributed by atoms with van der Waals surface area (Å²) in [5, 5.41) is 4.06. The maximum absolute atomic E-state index is 5.94. The summed E-state index contributed by atoms with van der Waals surface area (Å²) in [5.74, 6) is 4.92. The number of hydrogen-bond donors (Lipinski definition) is 0. The Morgan fingerprint density at radius 1 is 1.27 bits per heavy atom. The highest BCUT2D eigenvalue weighted by Gasteiger charge is 2.36. The van der Waals surface area contributed by atoms with Crippen LogP contribution in [0.3, 0.4) is 0 Å². The lowest BCUT2D eigenvalue weighted by Gasteiger charge is -2.12. The molecule has 0 amide bonds. The van der Waals surface area contributed by atoms with Crippen LogP contribution in [0.2, 0.25) is 0 Å². The molecule has 1 aliphatic rings. The monoisotopic (exact) mass is 303 g/mol. The lowest BCUT2D eigenvalue weighted by Crippen LogP contribution is -2.18. The second kappa shape index (κ2) is 5.54. The van der Waals surface area contributed by atoms with E-state index in [1.54, 1.807) is 0 Å². The molecule has 0 bridgehead atoms. The number of aromatic nitrogens is 2. The first kappa shape index (κ1) is 15.3. The predicted molar refractivity (Wildman–Crippen MR) is 83.4 cm³/mol. The van der Waals surface area contributed by atoms with Crippen LogP contribution in [0.1, 0.15) is 63.3 Å². The summed E-state index contributed by atoms with van der Waals surface area (Å²) in [6.07, 6.45) is 1.25. The normalized spacial score (nSPS) is 21.5. The Bertz CT molecular complexity index is 638. The van der Waals surface area contributed by atoms with Crippen molar-refractivity contribution < 1.29 is 8.94 Å². The highest BCUT2D eigenvalue weighted by atomic mass is 16.5. The van der Waals surface area contributed by atoms with Crippen molar-refractivity contribution >= 4 is 0 Å². The molecule has 0 unspecified atom stereocenters. The third kappa shape index (κ3) is 3.40. The van der Waals surface area contributed by atoms with E-state index in [0.29, 0.717) is 18.4 Å². The van der Waals surface area contributed by atoms with Crippen molar-refractivity contribution in [1.82, 2.24) is 15.0 Å². The minimum absolute atomic E-state index is 0.110. The van der Waals surface area contributed by atoms with Crippen LogP contribution in [-0.2, 0) is 18.5 Å². The third-order valence-corrected chi connectivity index (χ3v) is 4.10. The minimum Gasteiger partial charge on any atom is -0.464 e. The van der Waals surface area contributed by atoms with Crippen LogP contribution in [0.25, 0.3) is 0 Å². The fraction of sp³-hybridized carbons (Fsp3) is 0.647. The van der Waals surface area contributed by atoms with Crippen molar-refractivity contribution in [2.24, 2.45) is 5.92 Å². The topological polar surface area (TPSA) is 55.3 Å². The Labute approximate surface area is 131 Å². The summed E-state index contributed by atoms with van der Waals surface area (Å²) in [7, 11) is 2.04. The molecule has 5 heteroatoms. The molecule has 22 heavy (non-hydrogen) atoms. The summed E-state index contributed by atoms with van der Waals surface area (Å²) >= 11 is 0. The molecule has 1 aliphatic carbocycles. The Kier molecular flexibility index (Phi) is 3.85. The molecule has 0 aliphatic heterocycles. The fourth-order valence-corrected chi connectivity index (χ4v) is 2.58. The van der Waals surface area contributed by atoms with Gasteiger partial charge in [-0.05, 0) is 31.5 Å². The molecule has 2 aromatic heterocycles. The van der Waals surface area contributed by atoms with Crippen LogP contribution in [0.5, 0.6) is 0 Å². The fourth-order valence-electron chi connectivity index (χ4n) is 2.58. The first-order valence-corrected chi connectivity index (χ1v) is 7.93. The van der Waals surface area contributed by atoms with Crippen LogP contribution in [0.4, 0.5) is 0 Å². The van der Waals surface area contributed by atoms with E-state index in [2.05, 4.69) is 54.9 Å². The second-order valence-electron chi connectivity index (χ2n) is 7.56. The SMILES string of the molecule is C[C@@H]1C[C@H]1c1ccc(CN(C)Cc2noc(C(C)(C)C)n2)o1. The quantitative estimate of drug-likeness (QED) is 0.842. The van der Waals surface area contributed by atoms with Gasteiger partial charge in [0.2, 0.25) is 5.89 Å². The highest BCUT2D eigenvalue weighted by Crippen LogP contribution is 2.47. The molecular formula is C17H25N3O2. The zero-order chi connectivity index (χ0) is 15.9. The van der Waals surface area contributed by atoms with Crippen molar-refractivity contribution in [2.45, 2.75) is 58.5 Å². The molecule has 120 valence electrons. The Balaban J connectivity index is 1.57. The van der Waals surface area contributed by atoms with Crippen LogP contribution in [0, 0.1) is 5.92 Å². The van der Waals surface area contributed by atoms with Gasteiger partial charge in [0.1, 0.15) is 11.5 Å². The van der Waals surface area contributed by atoms with Crippen molar-refractivity contribution in [1.29, 1.82) is 0 Å². The van der Waals surface area contributed by atoms with E-state index >= 15 is 0 Å². The van der Waals surface area contributed by atoms with Crippen molar-refractivity contribution in [3.63, 3.8) is 0 Å². The molecule has 1 fully saturated rings. The van der Waals surface area contributed by atoms with E-state index in [9.17, 15) is 0 Å². The first-order valence-electron chi connectivity index (χ1n) is 7.93. The predicted octanol–water partition coefficient (Wildman–Crippen LogP) is 3.72. The highest BCUT2D eigenvalue weighted by molar-refractivity contribution is 5.17. The number of furan rings is 1. The summed E-state index contributed by atoms with van der Waals surface area (Å²) in [5.41, 5.74) is -0.110. The van der Waals surface area contributed by atoms with Gasteiger partial charge in [0.25, 0.3) is 0 Å². The van der Waals surface area contributed by atoms with Gasteiger partial charge in [-0.1, -0.05) is 32.9 Å². The minimum atomic E-state index is -0.110. The van der Waals surface area contributed by atoms with Crippen molar-refractivity contribution in [2.75, 3.05) is 7.05 Å². The molecule has 0 radical (unpaired) electrons. The molecule has 0 N–H and O–H groups in total. The third-order valence-electron chi connectivity index (χ3n) is 4.10. The smallest absolute Gasteiger partial charge is 0.232 e. The number of hydrogen-bond acceptors (Lipinski definition) is 5. The average molecular weight is 303 g/mol. The van der Waals surface area contributed by atoms with Gasteiger partial charge in [-0.2, -0.15) is 4.98 Å². The molecule has 1 saturated carbocycles. The van der Waals surface area contributed by atoms with E-state index in [1.165, 1.54) is 6.42 Å². The van der Waals surface area contributed by atoms with Gasteiger partial charge >= 0.3 is 0 Å². The summed E-state index contributed by atoms with van der Waals surface area (Å²) in [6, 6.07) is 4.19. The Morgan fingerprint density at radius 2 is 2.00 bits per heavy atom. The van der Waals surface area contributed by atoms with E-state index in [0.717, 1.165) is 29.8 Å². The zero-order valence-corrected chi connectivity index (χ0v) is 14.1. The molecule has 0 aromatic carbocycles. The molecular weight excluding hydrogens is 278 g/mol. The summed E-state index contributed by atoms with van der Waals surface area (Å²) in [4.78, 5) is 6.60. The second-order valence-corrected chi connectivity index (χ2v) is 7.56. The maximum Gasteiger partial charge on any atom is 0.232 e. The summed E-state index contributed by atoms with van der Waals surface area (Å²) in [6.45, 7) is 9.86. The zero-order valence-electron chi connectivity index (χ0n) is 14.1. The van der Waals surface area contributed by atoms with E-state index in [4.69, 9.17) is 8.94 Å². The van der Waals surface area contributed by atoms with Gasteiger partial charge in [0, 0.05) is 11.3 Å². The van der Waals surface area contributed by atoms with Gasteiger partial charge in [-0.15, -0.1) is 0 Å². The van der Waals surface area contributed by atoms with Crippen molar-refractivity contribution in [3.8, 4) is 0 Å². The van der Waals surface area contributed by atoms with Gasteiger partial charge in [-0.3, -0.25) is 4.90 Å². The average Bonchev–Trinajstić information content (AvgIpc) is 2.84. The van der Waals surface area contributed by atoms with E-state index in [-0.39, 0.29) is 5.41 Å². The van der Waals surface area contributed by atoms with Gasteiger partial charge in [0.05, 0.1) is 13.1 Å². The lowest BCUT2D eigenvalue weighted by atomic mass is 9.97. The number of rotatable bonds is 5.